The average molecular weight is 299 g/mol. The van der Waals surface area contributed by atoms with Gasteiger partial charge in [0, 0.05) is 11.7 Å². The van der Waals surface area contributed by atoms with Gasteiger partial charge in [-0.15, -0.1) is 0 Å². The minimum Gasteiger partial charge on any atom is -0.506 e. The van der Waals surface area contributed by atoms with Crippen LogP contribution in [0.2, 0.25) is 5.02 Å². The van der Waals surface area contributed by atoms with Gasteiger partial charge in [-0.25, -0.2) is 0 Å². The lowest BCUT2D eigenvalue weighted by molar-refractivity contribution is 0.289. The van der Waals surface area contributed by atoms with Crippen LogP contribution in [0.25, 0.3) is 0 Å². The Kier molecular flexibility index (Phi) is 3.48. The Labute approximate surface area is 128 Å². The molecule has 4 heteroatoms. The van der Waals surface area contributed by atoms with Gasteiger partial charge in [0.2, 0.25) is 0 Å². The van der Waals surface area contributed by atoms with Crippen molar-refractivity contribution in [2.45, 2.75) is 24.3 Å². The van der Waals surface area contributed by atoms with Gasteiger partial charge in [0.15, 0.2) is 0 Å². The fourth-order valence-electron chi connectivity index (χ4n) is 2.86. The highest BCUT2D eigenvalue weighted by atomic mass is 35.5. The average Bonchev–Trinajstić information content (AvgIpc) is 2.47. The summed E-state index contributed by atoms with van der Waals surface area (Å²) in [6, 6.07) is 17.7. The van der Waals surface area contributed by atoms with E-state index in [0.717, 1.165) is 24.1 Å². The van der Waals surface area contributed by atoms with Crippen molar-refractivity contribution in [2.75, 3.05) is 5.32 Å². The molecule has 0 saturated heterocycles. The Bertz CT molecular complexity index is 688. The highest BCUT2D eigenvalue weighted by Crippen LogP contribution is 2.44. The summed E-state index contributed by atoms with van der Waals surface area (Å²) < 4.78 is 0. The maximum atomic E-state index is 9.52. The summed E-state index contributed by atoms with van der Waals surface area (Å²) >= 11 is 5.90. The van der Waals surface area contributed by atoms with E-state index in [1.54, 1.807) is 18.2 Å². The molecule has 1 fully saturated rings. The molecule has 0 aliphatic heterocycles. The number of phenolic OH excluding ortho intramolecular Hbond substituents is 1. The predicted octanol–water partition coefficient (Wildman–Crippen LogP) is 4.08. The Balaban J connectivity index is 1.70. The number of hydrogen-bond acceptors (Lipinski definition) is 3. The molecule has 0 atom stereocenters. The number of hydrogen-bond donors (Lipinski definition) is 2. The van der Waals surface area contributed by atoms with Gasteiger partial charge in [0.25, 0.3) is 0 Å². The summed E-state index contributed by atoms with van der Waals surface area (Å²) in [6.45, 7) is 0. The van der Waals surface area contributed by atoms with Gasteiger partial charge in [-0.3, -0.25) is 0 Å². The normalized spacial score (nSPS) is 23.9. The number of rotatable bonds is 3. The van der Waals surface area contributed by atoms with E-state index in [4.69, 9.17) is 11.6 Å². The zero-order valence-corrected chi connectivity index (χ0v) is 12.1. The first-order valence-corrected chi connectivity index (χ1v) is 7.23. The molecule has 3 rings (SSSR count). The Morgan fingerprint density at radius 2 is 1.90 bits per heavy atom. The van der Waals surface area contributed by atoms with E-state index in [2.05, 4.69) is 11.4 Å². The van der Waals surface area contributed by atoms with Gasteiger partial charge >= 0.3 is 0 Å². The van der Waals surface area contributed by atoms with Crippen LogP contribution in [0.15, 0.2) is 48.5 Å². The van der Waals surface area contributed by atoms with Crippen molar-refractivity contribution < 1.29 is 5.11 Å². The molecule has 0 heterocycles. The Hall–Kier alpha value is -2.18. The summed E-state index contributed by atoms with van der Waals surface area (Å²) in [5.41, 5.74) is 1.55. The second-order valence-electron chi connectivity index (χ2n) is 5.48. The molecular formula is C17H15ClN2O. The van der Waals surface area contributed by atoms with Crippen molar-refractivity contribution >= 4 is 17.3 Å². The number of phenols is 1. The van der Waals surface area contributed by atoms with E-state index in [9.17, 15) is 10.4 Å². The molecule has 2 N–H and O–H groups in total. The lowest BCUT2D eigenvalue weighted by atomic mass is 9.62. The molecule has 106 valence electrons. The maximum Gasteiger partial charge on any atom is 0.134 e. The third-order valence-electron chi connectivity index (χ3n) is 4.05. The fourth-order valence-corrected chi connectivity index (χ4v) is 3.05. The van der Waals surface area contributed by atoms with Gasteiger partial charge < -0.3 is 10.4 Å². The Morgan fingerprint density at radius 1 is 1.19 bits per heavy atom. The van der Waals surface area contributed by atoms with E-state index < -0.39 is 0 Å². The van der Waals surface area contributed by atoms with Crippen LogP contribution in [0.5, 0.6) is 5.75 Å². The number of nitrogens with zero attached hydrogens (tertiary/aromatic N) is 1. The lowest BCUT2D eigenvalue weighted by Crippen LogP contribution is -2.47. The van der Waals surface area contributed by atoms with Crippen molar-refractivity contribution in [2.24, 2.45) is 0 Å². The molecule has 1 aliphatic carbocycles. The third-order valence-corrected chi connectivity index (χ3v) is 4.35. The van der Waals surface area contributed by atoms with Gasteiger partial charge in [0.1, 0.15) is 5.75 Å². The van der Waals surface area contributed by atoms with E-state index in [1.165, 1.54) is 0 Å². The number of benzene rings is 2. The van der Waals surface area contributed by atoms with Crippen LogP contribution in [0.3, 0.4) is 0 Å². The highest BCUT2D eigenvalue weighted by Gasteiger charge is 2.46. The molecule has 2 aromatic rings. The van der Waals surface area contributed by atoms with Crippen molar-refractivity contribution in [3.05, 3.63) is 59.1 Å². The first-order valence-electron chi connectivity index (χ1n) is 6.85. The minimum atomic E-state index is -0.389. The molecule has 0 radical (unpaired) electrons. The molecule has 1 saturated carbocycles. The van der Waals surface area contributed by atoms with Crippen LogP contribution in [0.4, 0.5) is 5.69 Å². The van der Waals surface area contributed by atoms with Gasteiger partial charge in [0.05, 0.1) is 16.5 Å². The van der Waals surface area contributed by atoms with Gasteiger partial charge in [-0.05, 0) is 36.6 Å². The summed E-state index contributed by atoms with van der Waals surface area (Å²) in [6.07, 6.45) is 1.54. The first kappa shape index (κ1) is 13.8. The van der Waals surface area contributed by atoms with Crippen molar-refractivity contribution in [3.63, 3.8) is 0 Å². The van der Waals surface area contributed by atoms with E-state index >= 15 is 0 Å². The van der Waals surface area contributed by atoms with E-state index in [0.29, 0.717) is 5.02 Å². The summed E-state index contributed by atoms with van der Waals surface area (Å²) in [7, 11) is 0. The minimum absolute atomic E-state index is 0.0754. The van der Waals surface area contributed by atoms with Crippen LogP contribution in [-0.2, 0) is 5.41 Å². The molecule has 0 bridgehead atoms. The lowest BCUT2D eigenvalue weighted by Gasteiger charge is -2.43. The second kappa shape index (κ2) is 5.31. The number of aromatic hydroxyl groups is 1. The van der Waals surface area contributed by atoms with Crippen LogP contribution >= 0.6 is 11.6 Å². The third kappa shape index (κ3) is 2.55. The van der Waals surface area contributed by atoms with E-state index in [1.807, 2.05) is 30.3 Å². The predicted molar refractivity (Wildman–Crippen MR) is 83.5 cm³/mol. The fraction of sp³-hybridized carbons (Fsp3) is 0.235. The van der Waals surface area contributed by atoms with Crippen LogP contribution in [0, 0.1) is 11.3 Å². The van der Waals surface area contributed by atoms with Crippen LogP contribution in [-0.4, -0.2) is 11.1 Å². The monoisotopic (exact) mass is 298 g/mol. The Morgan fingerprint density at radius 3 is 2.52 bits per heavy atom. The standard InChI is InChI=1S/C17H15ClN2O/c18-15-8-13(6-7-16(15)21)20-14-9-17(10-14,11-19)12-4-2-1-3-5-12/h1-8,14,20-21H,9-10H2. The maximum absolute atomic E-state index is 9.52. The molecule has 1 aliphatic rings. The highest BCUT2D eigenvalue weighted by molar-refractivity contribution is 6.32. The SMILES string of the molecule is N#CC1(c2ccccc2)CC(Nc2ccc(O)c(Cl)c2)C1. The van der Waals surface area contributed by atoms with Crippen molar-refractivity contribution in [3.8, 4) is 11.8 Å². The van der Waals surface area contributed by atoms with Crippen molar-refractivity contribution in [1.82, 2.24) is 0 Å². The second-order valence-corrected chi connectivity index (χ2v) is 5.88. The number of halogens is 1. The molecule has 21 heavy (non-hydrogen) atoms. The largest absolute Gasteiger partial charge is 0.506 e. The first-order chi connectivity index (χ1) is 10.1. The molecule has 0 aromatic heterocycles. The topological polar surface area (TPSA) is 56.0 Å². The molecule has 2 aromatic carbocycles. The quantitative estimate of drug-likeness (QED) is 0.839. The number of nitriles is 1. The van der Waals surface area contributed by atoms with E-state index in [-0.39, 0.29) is 17.2 Å². The van der Waals surface area contributed by atoms with Crippen LogP contribution in [0.1, 0.15) is 18.4 Å². The summed E-state index contributed by atoms with van der Waals surface area (Å²) in [5, 5.41) is 22.6. The van der Waals surface area contributed by atoms with Gasteiger partial charge in [-0.2, -0.15) is 5.26 Å². The smallest absolute Gasteiger partial charge is 0.134 e. The molecule has 0 amide bonds. The molecule has 3 nitrogen and oxygen atoms in total. The van der Waals surface area contributed by atoms with Crippen molar-refractivity contribution in [1.29, 1.82) is 5.26 Å². The number of anilines is 1. The zero-order chi connectivity index (χ0) is 14.9. The number of nitrogens with one attached hydrogen (secondary N) is 1. The van der Waals surface area contributed by atoms with Crippen LogP contribution < -0.4 is 5.32 Å². The molecule has 0 unspecified atom stereocenters. The summed E-state index contributed by atoms with van der Waals surface area (Å²) in [5.74, 6) is 0.0754. The molecular weight excluding hydrogens is 284 g/mol. The van der Waals surface area contributed by atoms with Gasteiger partial charge in [-0.1, -0.05) is 41.9 Å². The summed E-state index contributed by atoms with van der Waals surface area (Å²) in [4.78, 5) is 0. The zero-order valence-electron chi connectivity index (χ0n) is 11.4. The molecule has 0 spiro atoms.